The van der Waals surface area contributed by atoms with Crippen molar-refractivity contribution in [3.8, 4) is 11.5 Å². The minimum absolute atomic E-state index is 0.527. The van der Waals surface area contributed by atoms with Crippen molar-refractivity contribution in [1.82, 2.24) is 10.3 Å². The Hall–Kier alpha value is -2.85. The third kappa shape index (κ3) is 5.60. The molecule has 0 bridgehead atoms. The van der Waals surface area contributed by atoms with Crippen LogP contribution in [-0.2, 0) is 19.6 Å². The van der Waals surface area contributed by atoms with Crippen LogP contribution in [0, 0.1) is 0 Å². The molecule has 4 nitrogen and oxygen atoms in total. The smallest absolute Gasteiger partial charge is 0.123 e. The number of aromatic nitrogens is 1. The fourth-order valence-electron chi connectivity index (χ4n) is 2.62. The third-order valence-corrected chi connectivity index (χ3v) is 4.08. The lowest BCUT2D eigenvalue weighted by atomic mass is 10.2. The molecule has 2 aromatic carbocycles. The first-order valence-corrected chi connectivity index (χ1v) is 8.79. The summed E-state index contributed by atoms with van der Waals surface area (Å²) in [5, 5.41) is 3.45. The van der Waals surface area contributed by atoms with Crippen LogP contribution in [0.25, 0.3) is 0 Å². The van der Waals surface area contributed by atoms with E-state index in [1.54, 1.807) is 13.3 Å². The van der Waals surface area contributed by atoms with Crippen LogP contribution in [0.4, 0.5) is 0 Å². The van der Waals surface area contributed by atoms with Crippen molar-refractivity contribution in [2.75, 3.05) is 13.7 Å². The number of nitrogens with one attached hydrogen (secondary N) is 1. The molecule has 0 radical (unpaired) electrons. The second-order valence-corrected chi connectivity index (χ2v) is 6.03. The van der Waals surface area contributed by atoms with E-state index >= 15 is 0 Å². The molecule has 0 amide bonds. The van der Waals surface area contributed by atoms with Gasteiger partial charge in [0.1, 0.15) is 18.1 Å². The lowest BCUT2D eigenvalue weighted by Gasteiger charge is -2.09. The monoisotopic (exact) mass is 348 g/mol. The predicted octanol–water partition coefficient (Wildman–Crippen LogP) is 4.00. The molecule has 1 heterocycles. The summed E-state index contributed by atoms with van der Waals surface area (Å²) in [6.07, 6.45) is 2.67. The van der Waals surface area contributed by atoms with Gasteiger partial charge in [-0.25, -0.2) is 0 Å². The maximum absolute atomic E-state index is 5.88. The number of pyridine rings is 1. The van der Waals surface area contributed by atoms with Crippen molar-refractivity contribution < 1.29 is 9.47 Å². The summed E-state index contributed by atoms with van der Waals surface area (Å²) in [5.74, 6) is 1.69. The summed E-state index contributed by atoms with van der Waals surface area (Å²) in [6.45, 7) is 2.28. The van der Waals surface area contributed by atoms with Gasteiger partial charge in [-0.3, -0.25) is 4.98 Å². The van der Waals surface area contributed by atoms with E-state index in [9.17, 15) is 0 Å². The molecule has 0 aliphatic rings. The van der Waals surface area contributed by atoms with Gasteiger partial charge >= 0.3 is 0 Å². The van der Waals surface area contributed by atoms with Crippen LogP contribution in [0.2, 0.25) is 0 Å². The van der Waals surface area contributed by atoms with E-state index in [4.69, 9.17) is 9.47 Å². The summed E-state index contributed by atoms with van der Waals surface area (Å²) >= 11 is 0. The SMILES string of the molecule is COc1ccc(COc2ccnc(CCNCc3ccccc3)c2)cc1. The Labute approximate surface area is 154 Å². The number of nitrogens with zero attached hydrogens (tertiary/aromatic N) is 1. The molecule has 3 rings (SSSR count). The summed E-state index contributed by atoms with van der Waals surface area (Å²) in [6, 6.07) is 22.2. The Morgan fingerprint density at radius 1 is 0.885 bits per heavy atom. The summed E-state index contributed by atoms with van der Waals surface area (Å²) in [4.78, 5) is 4.43. The zero-order valence-corrected chi connectivity index (χ0v) is 15.0. The standard InChI is InChI=1S/C22H24N2O2/c1-25-21-9-7-19(8-10-21)17-26-22-12-14-24-20(15-22)11-13-23-16-18-5-3-2-4-6-18/h2-10,12,14-15,23H,11,13,16-17H2,1H3. The highest BCUT2D eigenvalue weighted by atomic mass is 16.5. The highest BCUT2D eigenvalue weighted by Gasteiger charge is 2.01. The fraction of sp³-hybridized carbons (Fsp3) is 0.227. The molecule has 0 spiro atoms. The summed E-state index contributed by atoms with van der Waals surface area (Å²) in [7, 11) is 1.67. The van der Waals surface area contributed by atoms with Gasteiger partial charge < -0.3 is 14.8 Å². The number of rotatable bonds is 9. The van der Waals surface area contributed by atoms with Gasteiger partial charge in [-0.15, -0.1) is 0 Å². The molecular weight excluding hydrogens is 324 g/mol. The van der Waals surface area contributed by atoms with E-state index in [0.29, 0.717) is 6.61 Å². The van der Waals surface area contributed by atoms with Crippen LogP contribution in [0.5, 0.6) is 11.5 Å². The van der Waals surface area contributed by atoms with Crippen molar-refractivity contribution >= 4 is 0 Å². The molecule has 1 aromatic heterocycles. The second-order valence-electron chi connectivity index (χ2n) is 6.03. The average Bonchev–Trinajstić information content (AvgIpc) is 2.71. The number of hydrogen-bond acceptors (Lipinski definition) is 4. The Bertz CT molecular complexity index is 789. The fourth-order valence-corrected chi connectivity index (χ4v) is 2.62. The van der Waals surface area contributed by atoms with E-state index < -0.39 is 0 Å². The number of methoxy groups -OCH3 is 1. The Morgan fingerprint density at radius 3 is 2.46 bits per heavy atom. The molecule has 0 atom stereocenters. The highest BCUT2D eigenvalue weighted by molar-refractivity contribution is 5.28. The van der Waals surface area contributed by atoms with Crippen LogP contribution in [-0.4, -0.2) is 18.6 Å². The molecule has 1 N–H and O–H groups in total. The van der Waals surface area contributed by atoms with Gasteiger partial charge in [0.2, 0.25) is 0 Å². The molecule has 4 heteroatoms. The van der Waals surface area contributed by atoms with Crippen molar-refractivity contribution in [3.63, 3.8) is 0 Å². The van der Waals surface area contributed by atoms with Crippen molar-refractivity contribution in [2.24, 2.45) is 0 Å². The number of ether oxygens (including phenoxy) is 2. The predicted molar refractivity (Wildman–Crippen MR) is 103 cm³/mol. The van der Waals surface area contributed by atoms with Crippen LogP contribution in [0.15, 0.2) is 72.9 Å². The Kier molecular flexibility index (Phi) is 6.62. The van der Waals surface area contributed by atoms with Gasteiger partial charge in [-0.2, -0.15) is 0 Å². The van der Waals surface area contributed by atoms with Crippen LogP contribution < -0.4 is 14.8 Å². The van der Waals surface area contributed by atoms with Gasteiger partial charge in [-0.1, -0.05) is 42.5 Å². The molecule has 134 valence electrons. The van der Waals surface area contributed by atoms with Crippen LogP contribution in [0.1, 0.15) is 16.8 Å². The quantitative estimate of drug-likeness (QED) is 0.594. The Balaban J connectivity index is 1.45. The van der Waals surface area contributed by atoms with E-state index in [1.165, 1.54) is 5.56 Å². The highest BCUT2D eigenvalue weighted by Crippen LogP contribution is 2.16. The maximum atomic E-state index is 5.88. The Morgan fingerprint density at radius 2 is 1.69 bits per heavy atom. The first-order chi connectivity index (χ1) is 12.8. The molecule has 0 aliphatic heterocycles. The molecule has 0 saturated heterocycles. The molecule has 0 fully saturated rings. The minimum atomic E-state index is 0.527. The molecule has 0 saturated carbocycles. The van der Waals surface area contributed by atoms with E-state index in [-0.39, 0.29) is 0 Å². The lowest BCUT2D eigenvalue weighted by molar-refractivity contribution is 0.305. The summed E-state index contributed by atoms with van der Waals surface area (Å²) < 4.78 is 11.0. The lowest BCUT2D eigenvalue weighted by Crippen LogP contribution is -2.17. The molecular formula is C22H24N2O2. The first-order valence-electron chi connectivity index (χ1n) is 8.79. The zero-order valence-electron chi connectivity index (χ0n) is 15.0. The van der Waals surface area contributed by atoms with Gasteiger partial charge in [0.15, 0.2) is 0 Å². The minimum Gasteiger partial charge on any atom is -0.497 e. The number of benzene rings is 2. The van der Waals surface area contributed by atoms with E-state index in [1.807, 2.05) is 42.5 Å². The van der Waals surface area contributed by atoms with Gasteiger partial charge in [0, 0.05) is 37.5 Å². The van der Waals surface area contributed by atoms with Gasteiger partial charge in [0.25, 0.3) is 0 Å². The summed E-state index contributed by atoms with van der Waals surface area (Å²) in [5.41, 5.74) is 3.42. The molecule has 26 heavy (non-hydrogen) atoms. The number of hydrogen-bond donors (Lipinski definition) is 1. The van der Waals surface area contributed by atoms with E-state index in [2.05, 4.69) is 34.6 Å². The molecule has 0 aliphatic carbocycles. The van der Waals surface area contributed by atoms with Crippen LogP contribution >= 0.6 is 0 Å². The topological polar surface area (TPSA) is 43.4 Å². The molecule has 3 aromatic rings. The van der Waals surface area contributed by atoms with Crippen molar-refractivity contribution in [1.29, 1.82) is 0 Å². The second kappa shape index (κ2) is 9.59. The van der Waals surface area contributed by atoms with Crippen molar-refractivity contribution in [3.05, 3.63) is 89.7 Å². The average molecular weight is 348 g/mol. The van der Waals surface area contributed by atoms with Crippen molar-refractivity contribution in [2.45, 2.75) is 19.6 Å². The van der Waals surface area contributed by atoms with Gasteiger partial charge in [0.05, 0.1) is 7.11 Å². The molecule has 0 unspecified atom stereocenters. The zero-order chi connectivity index (χ0) is 18.0. The third-order valence-electron chi connectivity index (χ3n) is 4.08. The largest absolute Gasteiger partial charge is 0.497 e. The normalized spacial score (nSPS) is 10.5. The maximum Gasteiger partial charge on any atom is 0.123 e. The van der Waals surface area contributed by atoms with E-state index in [0.717, 1.165) is 42.3 Å². The first kappa shape index (κ1) is 18.0. The van der Waals surface area contributed by atoms with Gasteiger partial charge in [-0.05, 0) is 29.3 Å². The van der Waals surface area contributed by atoms with Crippen LogP contribution in [0.3, 0.4) is 0 Å².